The molecular weight excluding hydrogens is 435 g/mol. The van der Waals surface area contributed by atoms with Crippen molar-refractivity contribution in [3.63, 3.8) is 0 Å². The van der Waals surface area contributed by atoms with E-state index in [0.717, 1.165) is 36.8 Å². The van der Waals surface area contributed by atoms with E-state index in [1.54, 1.807) is 24.0 Å². The lowest BCUT2D eigenvalue weighted by Crippen LogP contribution is -2.50. The molecule has 31 heavy (non-hydrogen) atoms. The van der Waals surface area contributed by atoms with Gasteiger partial charge in [-0.3, -0.25) is 9.59 Å². The summed E-state index contributed by atoms with van der Waals surface area (Å²) in [6.45, 7) is 2.02. The quantitative estimate of drug-likeness (QED) is 0.558. The molecule has 1 unspecified atom stereocenters. The van der Waals surface area contributed by atoms with Gasteiger partial charge in [0.05, 0.1) is 5.75 Å². The third-order valence-corrected chi connectivity index (χ3v) is 6.78. The molecule has 1 atom stereocenters. The van der Waals surface area contributed by atoms with Gasteiger partial charge in [0.1, 0.15) is 11.9 Å². The number of carbonyl (C=O) groups excluding carboxylic acids is 2. The van der Waals surface area contributed by atoms with Gasteiger partial charge in [-0.05, 0) is 55.2 Å². The third kappa shape index (κ3) is 7.25. The van der Waals surface area contributed by atoms with E-state index in [1.165, 1.54) is 23.9 Å². The Morgan fingerprint density at radius 1 is 1.10 bits per heavy atom. The molecular formula is C24H28ClFN2O2S. The monoisotopic (exact) mass is 462 g/mol. The molecule has 2 aromatic carbocycles. The van der Waals surface area contributed by atoms with Gasteiger partial charge in [0.15, 0.2) is 0 Å². The first-order valence-corrected chi connectivity index (χ1v) is 12.1. The standard InChI is InChI=1S/C24H28ClFN2O2S/c1-17(24(30)27-22-4-2-3-5-22)28(14-18-8-12-21(26)13-9-18)23(29)16-31-15-19-6-10-20(25)11-7-19/h6-13,17,22H,2-5,14-16H2,1H3,(H,27,30). The van der Waals surface area contributed by atoms with Crippen LogP contribution in [0.2, 0.25) is 5.02 Å². The fourth-order valence-electron chi connectivity index (χ4n) is 3.68. The van der Waals surface area contributed by atoms with E-state index in [4.69, 9.17) is 11.6 Å². The van der Waals surface area contributed by atoms with Gasteiger partial charge in [-0.25, -0.2) is 4.39 Å². The molecule has 4 nitrogen and oxygen atoms in total. The van der Waals surface area contributed by atoms with Gasteiger partial charge >= 0.3 is 0 Å². The first-order chi connectivity index (χ1) is 14.9. The summed E-state index contributed by atoms with van der Waals surface area (Å²) in [6.07, 6.45) is 4.22. The summed E-state index contributed by atoms with van der Waals surface area (Å²) in [5.74, 6) is 0.357. The lowest BCUT2D eigenvalue weighted by Gasteiger charge is -2.29. The minimum absolute atomic E-state index is 0.114. The number of halogens is 2. The molecule has 3 rings (SSSR count). The summed E-state index contributed by atoms with van der Waals surface area (Å²) < 4.78 is 13.3. The second-order valence-corrected chi connectivity index (χ2v) is 9.36. The van der Waals surface area contributed by atoms with Crippen LogP contribution in [-0.4, -0.2) is 34.6 Å². The SMILES string of the molecule is CC(C(=O)NC1CCCC1)N(Cc1ccc(F)cc1)C(=O)CSCc1ccc(Cl)cc1. The molecule has 1 aliphatic carbocycles. The van der Waals surface area contributed by atoms with Crippen LogP contribution in [0.1, 0.15) is 43.7 Å². The van der Waals surface area contributed by atoms with Crippen molar-refractivity contribution in [2.75, 3.05) is 5.75 Å². The van der Waals surface area contributed by atoms with Crippen molar-refractivity contribution in [1.82, 2.24) is 10.2 Å². The molecule has 0 aromatic heterocycles. The molecule has 7 heteroatoms. The summed E-state index contributed by atoms with van der Waals surface area (Å²) in [5.41, 5.74) is 1.87. The summed E-state index contributed by atoms with van der Waals surface area (Å²) in [6, 6.07) is 13.2. The van der Waals surface area contributed by atoms with E-state index >= 15 is 0 Å². The normalized spacial score (nSPS) is 14.9. The highest BCUT2D eigenvalue weighted by Gasteiger charge is 2.28. The van der Waals surface area contributed by atoms with Crippen LogP contribution in [0.15, 0.2) is 48.5 Å². The van der Waals surface area contributed by atoms with E-state index < -0.39 is 6.04 Å². The van der Waals surface area contributed by atoms with Gasteiger partial charge in [-0.15, -0.1) is 11.8 Å². The first-order valence-electron chi connectivity index (χ1n) is 10.6. The molecule has 166 valence electrons. The van der Waals surface area contributed by atoms with E-state index in [0.29, 0.717) is 10.8 Å². The maximum absolute atomic E-state index is 13.3. The fraction of sp³-hybridized carbons (Fsp3) is 0.417. The number of hydrogen-bond donors (Lipinski definition) is 1. The van der Waals surface area contributed by atoms with E-state index in [-0.39, 0.29) is 36.0 Å². The molecule has 0 bridgehead atoms. The van der Waals surface area contributed by atoms with Crippen LogP contribution in [-0.2, 0) is 21.9 Å². The lowest BCUT2D eigenvalue weighted by molar-refractivity contribution is -0.138. The van der Waals surface area contributed by atoms with Crippen LogP contribution in [0.4, 0.5) is 4.39 Å². The zero-order chi connectivity index (χ0) is 22.2. The van der Waals surface area contributed by atoms with Crippen molar-refractivity contribution in [3.05, 3.63) is 70.5 Å². The van der Waals surface area contributed by atoms with Crippen molar-refractivity contribution in [2.24, 2.45) is 0 Å². The average Bonchev–Trinajstić information content (AvgIpc) is 3.27. The third-order valence-electron chi connectivity index (χ3n) is 5.54. The van der Waals surface area contributed by atoms with Crippen molar-refractivity contribution < 1.29 is 14.0 Å². The number of benzene rings is 2. The Hall–Kier alpha value is -2.05. The summed E-state index contributed by atoms with van der Waals surface area (Å²) in [7, 11) is 0. The Morgan fingerprint density at radius 3 is 2.35 bits per heavy atom. The zero-order valence-corrected chi connectivity index (χ0v) is 19.2. The Kier molecular flexibility index (Phi) is 8.79. The number of rotatable bonds is 9. The minimum Gasteiger partial charge on any atom is -0.352 e. The van der Waals surface area contributed by atoms with Crippen molar-refractivity contribution in [1.29, 1.82) is 0 Å². The number of amides is 2. The number of nitrogens with zero attached hydrogens (tertiary/aromatic N) is 1. The van der Waals surface area contributed by atoms with E-state index in [9.17, 15) is 14.0 Å². The topological polar surface area (TPSA) is 49.4 Å². The van der Waals surface area contributed by atoms with Crippen molar-refractivity contribution >= 4 is 35.2 Å². The van der Waals surface area contributed by atoms with Crippen LogP contribution in [0.25, 0.3) is 0 Å². The number of nitrogens with one attached hydrogen (secondary N) is 1. The summed E-state index contributed by atoms with van der Waals surface area (Å²) in [5, 5.41) is 3.76. The molecule has 0 heterocycles. The number of carbonyl (C=O) groups is 2. The van der Waals surface area contributed by atoms with Crippen LogP contribution in [0.5, 0.6) is 0 Å². The molecule has 0 radical (unpaired) electrons. The van der Waals surface area contributed by atoms with Gasteiger partial charge in [0, 0.05) is 23.4 Å². The Morgan fingerprint density at radius 2 is 1.71 bits per heavy atom. The maximum atomic E-state index is 13.3. The van der Waals surface area contributed by atoms with Gasteiger partial charge in [-0.1, -0.05) is 48.7 Å². The molecule has 1 fully saturated rings. The van der Waals surface area contributed by atoms with Crippen LogP contribution >= 0.6 is 23.4 Å². The van der Waals surface area contributed by atoms with E-state index in [1.807, 2.05) is 24.3 Å². The van der Waals surface area contributed by atoms with Crippen molar-refractivity contribution in [2.45, 2.75) is 57.0 Å². The van der Waals surface area contributed by atoms with Gasteiger partial charge in [-0.2, -0.15) is 0 Å². The minimum atomic E-state index is -0.603. The highest BCUT2D eigenvalue weighted by Crippen LogP contribution is 2.20. The summed E-state index contributed by atoms with van der Waals surface area (Å²) in [4.78, 5) is 27.5. The van der Waals surface area contributed by atoms with Crippen LogP contribution in [0.3, 0.4) is 0 Å². The van der Waals surface area contributed by atoms with E-state index in [2.05, 4.69) is 5.32 Å². The highest BCUT2D eigenvalue weighted by atomic mass is 35.5. The second-order valence-electron chi connectivity index (χ2n) is 7.93. The van der Waals surface area contributed by atoms with Crippen molar-refractivity contribution in [3.8, 4) is 0 Å². The predicted molar refractivity (Wildman–Crippen MR) is 124 cm³/mol. The molecule has 0 spiro atoms. The number of thioether (sulfide) groups is 1. The largest absolute Gasteiger partial charge is 0.352 e. The number of hydrogen-bond acceptors (Lipinski definition) is 3. The average molecular weight is 463 g/mol. The van der Waals surface area contributed by atoms with Crippen LogP contribution < -0.4 is 5.32 Å². The predicted octanol–water partition coefficient (Wildman–Crippen LogP) is 5.19. The smallest absolute Gasteiger partial charge is 0.242 e. The maximum Gasteiger partial charge on any atom is 0.242 e. The Balaban J connectivity index is 1.64. The molecule has 1 N–H and O–H groups in total. The lowest BCUT2D eigenvalue weighted by atomic mass is 10.1. The molecule has 2 amide bonds. The highest BCUT2D eigenvalue weighted by molar-refractivity contribution is 7.99. The molecule has 1 saturated carbocycles. The second kappa shape index (κ2) is 11.5. The van der Waals surface area contributed by atoms with Gasteiger partial charge < -0.3 is 10.2 Å². The molecule has 0 saturated heterocycles. The summed E-state index contributed by atoms with van der Waals surface area (Å²) >= 11 is 7.42. The Bertz CT molecular complexity index is 870. The Labute approximate surface area is 192 Å². The molecule has 0 aliphatic heterocycles. The zero-order valence-electron chi connectivity index (χ0n) is 17.7. The molecule has 1 aliphatic rings. The fourth-order valence-corrected chi connectivity index (χ4v) is 4.68. The molecule has 2 aromatic rings. The van der Waals surface area contributed by atoms with Gasteiger partial charge in [0.2, 0.25) is 11.8 Å². The van der Waals surface area contributed by atoms with Crippen LogP contribution in [0, 0.1) is 5.82 Å². The van der Waals surface area contributed by atoms with Gasteiger partial charge in [0.25, 0.3) is 0 Å². The first kappa shape index (κ1) is 23.6.